The summed E-state index contributed by atoms with van der Waals surface area (Å²) in [6.07, 6.45) is 0. The predicted molar refractivity (Wildman–Crippen MR) is 76.5 cm³/mol. The lowest BCUT2D eigenvalue weighted by molar-refractivity contribution is 0.0950. The Bertz CT molecular complexity index is 674. The van der Waals surface area contributed by atoms with Crippen LogP contribution in [0.4, 0.5) is 14.5 Å². The van der Waals surface area contributed by atoms with Gasteiger partial charge < -0.3 is 10.7 Å². The molecule has 2 aromatic rings. The Labute approximate surface area is 120 Å². The van der Waals surface area contributed by atoms with Gasteiger partial charge in [0, 0.05) is 17.8 Å². The molecule has 0 atom stereocenters. The van der Waals surface area contributed by atoms with Crippen LogP contribution in [0.1, 0.15) is 21.5 Å². The number of carbonyl (C=O) groups excluding carboxylic acids is 1. The zero-order valence-corrected chi connectivity index (χ0v) is 11.4. The molecule has 0 fully saturated rings. The molecule has 0 saturated carbocycles. The van der Waals surface area contributed by atoms with Crippen molar-refractivity contribution in [3.8, 4) is 0 Å². The van der Waals surface area contributed by atoms with Crippen LogP contribution in [0.15, 0.2) is 36.4 Å². The molecule has 4 N–H and O–H groups in total. The summed E-state index contributed by atoms with van der Waals surface area (Å²) in [7, 11) is 0. The van der Waals surface area contributed by atoms with Crippen LogP contribution in [0, 0.1) is 18.6 Å². The molecular weight excluding hydrogens is 276 g/mol. The number of nitrogens with one attached hydrogen (secondary N) is 2. The number of benzene rings is 2. The van der Waals surface area contributed by atoms with E-state index in [1.165, 1.54) is 6.07 Å². The van der Waals surface area contributed by atoms with Crippen molar-refractivity contribution in [2.75, 3.05) is 5.43 Å². The highest BCUT2D eigenvalue weighted by molar-refractivity contribution is 5.96. The predicted octanol–water partition coefficient (Wildman–Crippen LogP) is 2.49. The zero-order valence-electron chi connectivity index (χ0n) is 11.4. The lowest BCUT2D eigenvalue weighted by Crippen LogP contribution is -2.23. The van der Waals surface area contributed by atoms with Gasteiger partial charge in [-0.15, -0.1) is 0 Å². The van der Waals surface area contributed by atoms with Gasteiger partial charge in [0.25, 0.3) is 5.91 Å². The summed E-state index contributed by atoms with van der Waals surface area (Å²) in [5.41, 5.74) is 4.93. The van der Waals surface area contributed by atoms with Crippen LogP contribution < -0.4 is 16.6 Å². The van der Waals surface area contributed by atoms with Gasteiger partial charge >= 0.3 is 0 Å². The van der Waals surface area contributed by atoms with Crippen molar-refractivity contribution in [3.05, 3.63) is 64.7 Å². The summed E-state index contributed by atoms with van der Waals surface area (Å²) in [5, 5.41) is 2.66. The smallest absolute Gasteiger partial charge is 0.251 e. The maximum atomic E-state index is 13.1. The number of carbonyl (C=O) groups is 1. The Morgan fingerprint density at radius 2 is 1.90 bits per heavy atom. The van der Waals surface area contributed by atoms with E-state index in [0.717, 1.165) is 17.7 Å². The number of anilines is 1. The van der Waals surface area contributed by atoms with Crippen LogP contribution in [0.2, 0.25) is 0 Å². The minimum absolute atomic E-state index is 0.117. The van der Waals surface area contributed by atoms with E-state index in [0.29, 0.717) is 16.8 Å². The third-order valence-corrected chi connectivity index (χ3v) is 3.07. The van der Waals surface area contributed by atoms with Crippen molar-refractivity contribution in [1.29, 1.82) is 0 Å². The second-order valence-corrected chi connectivity index (χ2v) is 4.61. The van der Waals surface area contributed by atoms with Crippen LogP contribution in [0.25, 0.3) is 0 Å². The summed E-state index contributed by atoms with van der Waals surface area (Å²) >= 11 is 0. The number of hydrazine groups is 1. The molecule has 0 aromatic heterocycles. The molecule has 2 aromatic carbocycles. The number of rotatable bonds is 4. The molecule has 0 bridgehead atoms. The summed E-state index contributed by atoms with van der Waals surface area (Å²) in [6.45, 7) is 1.90. The van der Waals surface area contributed by atoms with Crippen molar-refractivity contribution in [2.24, 2.45) is 5.84 Å². The third-order valence-electron chi connectivity index (χ3n) is 3.07. The maximum Gasteiger partial charge on any atom is 0.251 e. The van der Waals surface area contributed by atoms with Crippen LogP contribution in [-0.4, -0.2) is 5.91 Å². The molecule has 4 nitrogen and oxygen atoms in total. The van der Waals surface area contributed by atoms with Gasteiger partial charge in [-0.25, -0.2) is 8.78 Å². The van der Waals surface area contributed by atoms with Gasteiger partial charge in [0.15, 0.2) is 11.6 Å². The number of hydrogen-bond acceptors (Lipinski definition) is 3. The highest BCUT2D eigenvalue weighted by Gasteiger charge is 2.10. The number of nitrogen functional groups attached to an aromatic ring is 1. The highest BCUT2D eigenvalue weighted by atomic mass is 19.2. The molecule has 1 amide bonds. The van der Waals surface area contributed by atoms with Crippen molar-refractivity contribution >= 4 is 11.6 Å². The SMILES string of the molecule is Cc1cc(NN)ccc1C(=O)NCc1ccc(F)c(F)c1. The molecule has 0 aliphatic rings. The molecule has 0 aliphatic carbocycles. The average molecular weight is 291 g/mol. The Balaban J connectivity index is 2.06. The topological polar surface area (TPSA) is 67.1 Å². The first-order valence-electron chi connectivity index (χ1n) is 6.30. The van der Waals surface area contributed by atoms with Crippen LogP contribution in [0.3, 0.4) is 0 Å². The molecular formula is C15H15F2N3O. The Hall–Kier alpha value is -2.47. The van der Waals surface area contributed by atoms with E-state index in [1.807, 2.05) is 0 Å². The maximum absolute atomic E-state index is 13.1. The number of amides is 1. The fraction of sp³-hybridized carbons (Fsp3) is 0.133. The van der Waals surface area contributed by atoms with E-state index < -0.39 is 11.6 Å². The van der Waals surface area contributed by atoms with Gasteiger partial charge in [0.1, 0.15) is 0 Å². The summed E-state index contributed by atoms with van der Waals surface area (Å²) in [5.74, 6) is 3.15. The van der Waals surface area contributed by atoms with Gasteiger partial charge in [-0.2, -0.15) is 0 Å². The van der Waals surface area contributed by atoms with Crippen LogP contribution in [-0.2, 0) is 6.54 Å². The first-order chi connectivity index (χ1) is 10.0. The number of halogens is 2. The standard InChI is InChI=1S/C15H15F2N3O/c1-9-6-11(20-18)3-4-12(9)15(21)19-8-10-2-5-13(16)14(17)7-10/h2-7,20H,8,18H2,1H3,(H,19,21). The van der Waals surface area contributed by atoms with E-state index in [-0.39, 0.29) is 12.5 Å². The van der Waals surface area contributed by atoms with Gasteiger partial charge in [-0.3, -0.25) is 10.6 Å². The number of nitrogens with two attached hydrogens (primary N) is 1. The first-order valence-corrected chi connectivity index (χ1v) is 6.30. The van der Waals surface area contributed by atoms with Gasteiger partial charge in [-0.05, 0) is 48.4 Å². The molecule has 0 radical (unpaired) electrons. The summed E-state index contributed by atoms with van der Waals surface area (Å²) in [6, 6.07) is 8.58. The summed E-state index contributed by atoms with van der Waals surface area (Å²) < 4.78 is 25.9. The van der Waals surface area contributed by atoms with E-state index in [1.54, 1.807) is 25.1 Å². The van der Waals surface area contributed by atoms with Crippen molar-refractivity contribution in [3.63, 3.8) is 0 Å². The van der Waals surface area contributed by atoms with Crippen molar-refractivity contribution in [1.82, 2.24) is 5.32 Å². The normalized spacial score (nSPS) is 10.3. The van der Waals surface area contributed by atoms with E-state index in [9.17, 15) is 13.6 Å². The second kappa shape index (κ2) is 6.32. The second-order valence-electron chi connectivity index (χ2n) is 4.61. The number of aryl methyl sites for hydroxylation is 1. The Kier molecular flexibility index (Phi) is 4.49. The Morgan fingerprint density at radius 1 is 1.14 bits per heavy atom. The average Bonchev–Trinajstić information content (AvgIpc) is 2.48. The lowest BCUT2D eigenvalue weighted by atomic mass is 10.1. The fourth-order valence-corrected chi connectivity index (χ4v) is 1.94. The van der Waals surface area contributed by atoms with Crippen molar-refractivity contribution in [2.45, 2.75) is 13.5 Å². The minimum Gasteiger partial charge on any atom is -0.348 e. The van der Waals surface area contributed by atoms with Crippen LogP contribution >= 0.6 is 0 Å². The molecule has 0 aliphatic heterocycles. The van der Waals surface area contributed by atoms with Gasteiger partial charge in [0.05, 0.1) is 0 Å². The largest absolute Gasteiger partial charge is 0.348 e. The van der Waals surface area contributed by atoms with Gasteiger partial charge in [-0.1, -0.05) is 6.07 Å². The molecule has 0 heterocycles. The lowest BCUT2D eigenvalue weighted by Gasteiger charge is -2.09. The summed E-state index contributed by atoms with van der Waals surface area (Å²) in [4.78, 5) is 12.1. The minimum atomic E-state index is -0.934. The quantitative estimate of drug-likeness (QED) is 0.599. The van der Waals surface area contributed by atoms with E-state index in [4.69, 9.17) is 5.84 Å². The van der Waals surface area contributed by atoms with Crippen molar-refractivity contribution < 1.29 is 13.6 Å². The third kappa shape index (κ3) is 3.55. The molecule has 2 rings (SSSR count). The molecule has 6 heteroatoms. The molecule has 110 valence electrons. The van der Waals surface area contributed by atoms with E-state index >= 15 is 0 Å². The first kappa shape index (κ1) is 14.9. The molecule has 21 heavy (non-hydrogen) atoms. The zero-order chi connectivity index (χ0) is 15.4. The fourth-order valence-electron chi connectivity index (χ4n) is 1.94. The van der Waals surface area contributed by atoms with E-state index in [2.05, 4.69) is 10.7 Å². The molecule has 0 saturated heterocycles. The highest BCUT2D eigenvalue weighted by Crippen LogP contribution is 2.14. The van der Waals surface area contributed by atoms with Crippen LogP contribution in [0.5, 0.6) is 0 Å². The van der Waals surface area contributed by atoms with Gasteiger partial charge in [0.2, 0.25) is 0 Å². The molecule has 0 unspecified atom stereocenters. The Morgan fingerprint density at radius 3 is 2.52 bits per heavy atom. The molecule has 0 spiro atoms. The monoisotopic (exact) mass is 291 g/mol. The number of hydrogen-bond donors (Lipinski definition) is 3.